The predicted octanol–water partition coefficient (Wildman–Crippen LogP) is 3.78. The largest absolute Gasteiger partial charge is 0.492 e. The molecule has 3 N–H and O–H groups in total. The van der Waals surface area contributed by atoms with Crippen molar-refractivity contribution in [1.29, 1.82) is 0 Å². The first-order valence-electron chi connectivity index (χ1n) is 11.6. The van der Waals surface area contributed by atoms with E-state index < -0.39 is 22.9 Å². The van der Waals surface area contributed by atoms with Gasteiger partial charge in [-0.15, -0.1) is 0 Å². The van der Waals surface area contributed by atoms with Gasteiger partial charge in [-0.1, -0.05) is 30.3 Å². The molecule has 0 spiro atoms. The molecule has 0 aliphatic carbocycles. The molecule has 2 saturated heterocycles. The molecule has 2 fully saturated rings. The van der Waals surface area contributed by atoms with Crippen molar-refractivity contribution in [2.75, 3.05) is 37.7 Å². The average Bonchev–Trinajstić information content (AvgIpc) is 3.26. The molecule has 13 heteroatoms. The topological polar surface area (TPSA) is 96.1 Å². The number of nitrogens with two attached hydrogens (primary N) is 1. The summed E-state index contributed by atoms with van der Waals surface area (Å²) in [6.07, 6.45) is -4.25. The van der Waals surface area contributed by atoms with Gasteiger partial charge in [0.15, 0.2) is 0 Å². The van der Waals surface area contributed by atoms with Crippen molar-refractivity contribution in [3.8, 4) is 5.75 Å². The van der Waals surface area contributed by atoms with Gasteiger partial charge >= 0.3 is 12.1 Å². The molecule has 37 heavy (non-hydrogen) atoms. The van der Waals surface area contributed by atoms with Gasteiger partial charge in [0.05, 0.1) is 6.04 Å². The van der Waals surface area contributed by atoms with E-state index in [1.54, 1.807) is 18.2 Å². The number of carboxylic acids is 1. The van der Waals surface area contributed by atoms with Crippen LogP contribution in [0.4, 0.5) is 17.6 Å². The van der Waals surface area contributed by atoms with Crippen molar-refractivity contribution in [2.45, 2.75) is 31.1 Å². The van der Waals surface area contributed by atoms with Crippen molar-refractivity contribution in [2.24, 2.45) is 5.73 Å². The Morgan fingerprint density at radius 3 is 2.46 bits per heavy atom. The number of carboxylic acid groups (broad SMARTS) is 1. The highest BCUT2D eigenvalue weighted by Gasteiger charge is 2.38. The quantitative estimate of drug-likeness (QED) is 0.388. The Bertz CT molecular complexity index is 1070. The number of ether oxygens (including phenoxy) is 1. The van der Waals surface area contributed by atoms with Gasteiger partial charge in [0.25, 0.3) is 0 Å². The van der Waals surface area contributed by atoms with E-state index in [4.69, 9.17) is 20.4 Å². The van der Waals surface area contributed by atoms with E-state index >= 15 is 0 Å². The van der Waals surface area contributed by atoms with E-state index in [0.717, 1.165) is 42.9 Å². The van der Waals surface area contributed by atoms with Crippen LogP contribution in [0.5, 0.6) is 5.75 Å². The van der Waals surface area contributed by atoms with Crippen molar-refractivity contribution >= 4 is 28.9 Å². The van der Waals surface area contributed by atoms with Crippen LogP contribution in [0.3, 0.4) is 0 Å². The zero-order valence-electron chi connectivity index (χ0n) is 19.9. The van der Waals surface area contributed by atoms with Gasteiger partial charge in [-0.2, -0.15) is 13.2 Å². The number of aliphatic carboxylic acids is 1. The van der Waals surface area contributed by atoms with Gasteiger partial charge in [0, 0.05) is 66.5 Å². The molecule has 0 saturated carbocycles. The van der Waals surface area contributed by atoms with Gasteiger partial charge in [0.2, 0.25) is 0 Å². The van der Waals surface area contributed by atoms with E-state index in [2.05, 4.69) is 8.61 Å². The van der Waals surface area contributed by atoms with Gasteiger partial charge in [0.1, 0.15) is 18.2 Å². The molecule has 0 bridgehead atoms. The third-order valence-corrected chi connectivity index (χ3v) is 8.41. The Labute approximate surface area is 219 Å². The van der Waals surface area contributed by atoms with Crippen LogP contribution in [0.1, 0.15) is 23.5 Å². The van der Waals surface area contributed by atoms with Crippen molar-refractivity contribution in [3.63, 3.8) is 0 Å². The van der Waals surface area contributed by atoms with Crippen LogP contribution in [0.2, 0.25) is 0 Å². The second-order valence-electron chi connectivity index (χ2n) is 8.53. The van der Waals surface area contributed by atoms with E-state index in [0.29, 0.717) is 24.7 Å². The Balaban J connectivity index is 0.000000479. The molecule has 2 aromatic carbocycles. The molecule has 2 aliphatic rings. The first kappa shape index (κ1) is 29.4. The molecule has 2 aliphatic heterocycles. The summed E-state index contributed by atoms with van der Waals surface area (Å²) >= 11 is 1.70. The average molecular weight is 564 g/mol. The lowest BCUT2D eigenvalue weighted by Gasteiger charge is -2.31. The molecule has 0 aromatic heterocycles. The molecule has 2 heterocycles. The summed E-state index contributed by atoms with van der Waals surface area (Å²) in [5.74, 6) is -0.535. The maximum Gasteiger partial charge on any atom is 0.490 e. The van der Waals surface area contributed by atoms with Gasteiger partial charge in [-0.05, 0) is 35.7 Å². The monoisotopic (exact) mass is 563 g/mol. The maximum atomic E-state index is 14.4. The number of carbonyl (C=O) groups is 1. The molecule has 0 amide bonds. The summed E-state index contributed by atoms with van der Waals surface area (Å²) in [6, 6.07) is 15.1. The molecule has 204 valence electrons. The van der Waals surface area contributed by atoms with Crippen molar-refractivity contribution in [3.05, 3.63) is 65.5 Å². The fraction of sp³-hybridized carbons (Fsp3) is 0.458. The van der Waals surface area contributed by atoms with E-state index in [1.807, 2.05) is 36.4 Å². The van der Waals surface area contributed by atoms with Crippen molar-refractivity contribution in [1.82, 2.24) is 8.61 Å². The lowest BCUT2D eigenvalue weighted by atomic mass is 9.96. The number of nitrogens with zero attached hydrogens (tertiary/aromatic N) is 2. The standard InChI is InChI=1S/C22H28FN3O2S2.C2HF3O2/c23-22-7-2-1-6-21(22)18-13-19(16-28-20-5-3-4-17(12-20)14-24)26(15-18)29-25-8-10-30(27)11-9-25;3-2(4,5)1(6)7/h1-7,12,18-19H,8-11,13-16,24H2;(H,6,7). The van der Waals surface area contributed by atoms with Crippen LogP contribution >= 0.6 is 12.1 Å². The minimum atomic E-state index is -5.08. The third-order valence-electron chi connectivity index (χ3n) is 5.89. The molecule has 2 unspecified atom stereocenters. The second-order valence-corrected chi connectivity index (χ2v) is 11.4. The van der Waals surface area contributed by atoms with Crippen LogP contribution < -0.4 is 10.5 Å². The van der Waals surface area contributed by atoms with Crippen molar-refractivity contribution < 1.29 is 36.4 Å². The lowest BCUT2D eigenvalue weighted by molar-refractivity contribution is -0.192. The second kappa shape index (κ2) is 13.6. The molecule has 0 radical (unpaired) electrons. The summed E-state index contributed by atoms with van der Waals surface area (Å²) in [5.41, 5.74) is 7.55. The molecular formula is C24H29F4N3O4S2. The summed E-state index contributed by atoms with van der Waals surface area (Å²) in [6.45, 7) is 3.40. The maximum absolute atomic E-state index is 14.4. The highest BCUT2D eigenvalue weighted by atomic mass is 32.2. The molecule has 4 rings (SSSR count). The number of halogens is 4. The van der Waals surface area contributed by atoms with Crippen LogP contribution in [-0.4, -0.2) is 73.9 Å². The Morgan fingerprint density at radius 2 is 1.84 bits per heavy atom. The molecular weight excluding hydrogens is 534 g/mol. The highest BCUT2D eigenvalue weighted by Crippen LogP contribution is 2.38. The Hall–Kier alpha value is -2.19. The number of alkyl halides is 3. The SMILES string of the molecule is NCc1cccc(OCC2CC(c3ccccc3F)CN2SN2CCS(=O)CC2)c1.O=C(O)C(F)(F)F. The van der Waals surface area contributed by atoms with Crippen LogP contribution in [0.15, 0.2) is 48.5 Å². The number of hydrogen-bond acceptors (Lipinski definition) is 7. The third kappa shape index (κ3) is 8.95. The summed E-state index contributed by atoms with van der Waals surface area (Å²) in [5, 5.41) is 7.12. The minimum absolute atomic E-state index is 0.126. The zero-order chi connectivity index (χ0) is 27.0. The Morgan fingerprint density at radius 1 is 1.16 bits per heavy atom. The summed E-state index contributed by atoms with van der Waals surface area (Å²) < 4.78 is 68.5. The summed E-state index contributed by atoms with van der Waals surface area (Å²) in [7, 11) is -0.702. The number of benzene rings is 2. The predicted molar refractivity (Wildman–Crippen MR) is 135 cm³/mol. The smallest absolute Gasteiger partial charge is 0.490 e. The lowest BCUT2D eigenvalue weighted by Crippen LogP contribution is -2.38. The van der Waals surface area contributed by atoms with E-state index in [-0.39, 0.29) is 17.8 Å². The highest BCUT2D eigenvalue weighted by molar-refractivity contribution is 7.94. The van der Waals surface area contributed by atoms with Gasteiger partial charge in [-0.25, -0.2) is 17.8 Å². The normalized spacial score (nSPS) is 21.3. The molecule has 2 atom stereocenters. The number of rotatable bonds is 7. The van der Waals surface area contributed by atoms with E-state index in [1.165, 1.54) is 6.07 Å². The van der Waals surface area contributed by atoms with Crippen LogP contribution in [-0.2, 0) is 22.1 Å². The zero-order valence-corrected chi connectivity index (χ0v) is 21.5. The fourth-order valence-electron chi connectivity index (χ4n) is 3.98. The van der Waals surface area contributed by atoms with Gasteiger partial charge < -0.3 is 15.6 Å². The first-order valence-corrected chi connectivity index (χ1v) is 13.8. The van der Waals surface area contributed by atoms with Crippen LogP contribution in [0.25, 0.3) is 0 Å². The first-order chi connectivity index (χ1) is 17.6. The molecule has 7 nitrogen and oxygen atoms in total. The summed E-state index contributed by atoms with van der Waals surface area (Å²) in [4.78, 5) is 8.90. The fourth-order valence-corrected chi connectivity index (χ4v) is 6.43. The van der Waals surface area contributed by atoms with Gasteiger partial charge in [-0.3, -0.25) is 4.21 Å². The molecule has 2 aromatic rings. The van der Waals surface area contributed by atoms with E-state index in [9.17, 15) is 21.8 Å². The number of hydrogen-bond donors (Lipinski definition) is 2. The minimum Gasteiger partial charge on any atom is -0.492 e. The Kier molecular flexibility index (Phi) is 10.8. The van der Waals surface area contributed by atoms with Crippen LogP contribution in [0, 0.1) is 5.82 Å².